The molecule has 1 unspecified atom stereocenters. The first-order chi connectivity index (χ1) is 10.8. The maximum absolute atomic E-state index is 12.2. The van der Waals surface area contributed by atoms with Crippen LogP contribution in [0.2, 0.25) is 0 Å². The molecule has 1 aromatic heterocycles. The third kappa shape index (κ3) is 3.97. The number of amides is 1. The Balaban J connectivity index is 2.25. The van der Waals surface area contributed by atoms with E-state index in [9.17, 15) is 14.7 Å². The van der Waals surface area contributed by atoms with Gasteiger partial charge in [0, 0.05) is 6.07 Å². The molecular weight excluding hydrogens is 296 g/mol. The smallest absolute Gasteiger partial charge is 0.330 e. The van der Waals surface area contributed by atoms with Crippen molar-refractivity contribution in [2.24, 2.45) is 0 Å². The Morgan fingerprint density at radius 3 is 2.22 bits per heavy atom. The molecule has 2 rings (SSSR count). The summed E-state index contributed by atoms with van der Waals surface area (Å²) < 4.78 is 5.00. The van der Waals surface area contributed by atoms with Crippen LogP contribution < -0.4 is 5.32 Å². The Morgan fingerprint density at radius 2 is 1.74 bits per heavy atom. The number of carbonyl (C=O) groups excluding carboxylic acids is 1. The van der Waals surface area contributed by atoms with Crippen LogP contribution in [0.25, 0.3) is 0 Å². The molecule has 2 aromatic rings. The van der Waals surface area contributed by atoms with Crippen LogP contribution in [0.3, 0.4) is 0 Å². The van der Waals surface area contributed by atoms with Gasteiger partial charge >= 0.3 is 5.97 Å². The highest BCUT2D eigenvalue weighted by Gasteiger charge is 2.25. The summed E-state index contributed by atoms with van der Waals surface area (Å²) in [5.74, 6) is -1.61. The molecule has 0 saturated heterocycles. The Morgan fingerprint density at radius 1 is 1.13 bits per heavy atom. The SMILES string of the molecule is Cc1cc(C)cc(C(NC(=O)c2cc(C(C)C)no2)C(=O)O)c1. The Hall–Kier alpha value is -2.63. The van der Waals surface area contributed by atoms with Crippen molar-refractivity contribution in [3.05, 3.63) is 52.4 Å². The van der Waals surface area contributed by atoms with Crippen molar-refractivity contribution in [2.75, 3.05) is 0 Å². The fourth-order valence-electron chi connectivity index (χ4n) is 2.33. The number of aliphatic carboxylic acids is 1. The molecule has 6 heteroatoms. The van der Waals surface area contributed by atoms with Crippen molar-refractivity contribution in [3.63, 3.8) is 0 Å². The van der Waals surface area contributed by atoms with E-state index in [1.165, 1.54) is 6.07 Å². The molecule has 2 N–H and O–H groups in total. The number of carboxylic acid groups (broad SMARTS) is 1. The summed E-state index contributed by atoms with van der Waals surface area (Å²) in [5.41, 5.74) is 3.03. The van der Waals surface area contributed by atoms with E-state index < -0.39 is 17.9 Å². The number of rotatable bonds is 5. The first kappa shape index (κ1) is 16.7. The second-order valence-corrected chi connectivity index (χ2v) is 5.94. The lowest BCUT2D eigenvalue weighted by molar-refractivity contribution is -0.139. The van der Waals surface area contributed by atoms with Crippen molar-refractivity contribution < 1.29 is 19.2 Å². The van der Waals surface area contributed by atoms with Gasteiger partial charge in [-0.25, -0.2) is 4.79 Å². The van der Waals surface area contributed by atoms with E-state index in [-0.39, 0.29) is 11.7 Å². The number of benzene rings is 1. The van der Waals surface area contributed by atoms with Crippen LogP contribution in [0.5, 0.6) is 0 Å². The largest absolute Gasteiger partial charge is 0.479 e. The van der Waals surface area contributed by atoms with E-state index in [2.05, 4.69) is 10.5 Å². The van der Waals surface area contributed by atoms with Crippen molar-refractivity contribution in [3.8, 4) is 0 Å². The number of hydrogen-bond donors (Lipinski definition) is 2. The molecule has 0 radical (unpaired) electrons. The molecule has 1 atom stereocenters. The minimum atomic E-state index is -1.14. The van der Waals surface area contributed by atoms with Gasteiger partial charge in [-0.15, -0.1) is 0 Å². The van der Waals surface area contributed by atoms with Crippen LogP contribution in [0.1, 0.15) is 58.7 Å². The molecule has 23 heavy (non-hydrogen) atoms. The lowest BCUT2D eigenvalue weighted by Gasteiger charge is -2.15. The normalized spacial score (nSPS) is 12.2. The first-order valence-electron chi connectivity index (χ1n) is 7.36. The highest BCUT2D eigenvalue weighted by atomic mass is 16.5. The summed E-state index contributed by atoms with van der Waals surface area (Å²) in [6.45, 7) is 7.61. The Kier molecular flexibility index (Phi) is 4.83. The molecule has 1 amide bonds. The molecule has 1 heterocycles. The van der Waals surface area contributed by atoms with E-state index in [0.717, 1.165) is 11.1 Å². The van der Waals surface area contributed by atoms with Crippen LogP contribution >= 0.6 is 0 Å². The first-order valence-corrected chi connectivity index (χ1v) is 7.36. The van der Waals surface area contributed by atoms with Gasteiger partial charge in [-0.1, -0.05) is 48.3 Å². The van der Waals surface area contributed by atoms with E-state index in [1.807, 2.05) is 33.8 Å². The predicted molar refractivity (Wildman–Crippen MR) is 84.4 cm³/mol. The van der Waals surface area contributed by atoms with Gasteiger partial charge in [-0.05, 0) is 25.3 Å². The molecule has 0 spiro atoms. The van der Waals surface area contributed by atoms with Crippen molar-refractivity contribution in [2.45, 2.75) is 39.7 Å². The second kappa shape index (κ2) is 6.64. The standard InChI is InChI=1S/C17H20N2O4/c1-9(2)13-8-14(23-19-13)16(20)18-15(17(21)22)12-6-10(3)5-11(4)7-12/h5-9,15H,1-4H3,(H,18,20)(H,21,22). The van der Waals surface area contributed by atoms with Crippen LogP contribution in [-0.2, 0) is 4.79 Å². The van der Waals surface area contributed by atoms with Crippen LogP contribution in [-0.4, -0.2) is 22.1 Å². The summed E-state index contributed by atoms with van der Waals surface area (Å²) in [7, 11) is 0. The van der Waals surface area contributed by atoms with E-state index in [0.29, 0.717) is 11.3 Å². The average molecular weight is 316 g/mol. The van der Waals surface area contributed by atoms with Gasteiger partial charge in [0.05, 0.1) is 5.69 Å². The van der Waals surface area contributed by atoms with Crippen LogP contribution in [0, 0.1) is 13.8 Å². The second-order valence-electron chi connectivity index (χ2n) is 5.94. The maximum atomic E-state index is 12.2. The number of aryl methyl sites for hydroxylation is 2. The summed E-state index contributed by atoms with van der Waals surface area (Å²) >= 11 is 0. The van der Waals surface area contributed by atoms with Crippen LogP contribution in [0.4, 0.5) is 0 Å². The van der Waals surface area contributed by atoms with Gasteiger partial charge in [0.25, 0.3) is 5.91 Å². The number of hydrogen-bond acceptors (Lipinski definition) is 4. The summed E-state index contributed by atoms with van der Waals surface area (Å²) in [4.78, 5) is 23.8. The number of nitrogens with one attached hydrogen (secondary N) is 1. The predicted octanol–water partition coefficient (Wildman–Crippen LogP) is 2.97. The zero-order valence-electron chi connectivity index (χ0n) is 13.6. The van der Waals surface area contributed by atoms with E-state index >= 15 is 0 Å². The van der Waals surface area contributed by atoms with Crippen molar-refractivity contribution >= 4 is 11.9 Å². The number of aromatic nitrogens is 1. The molecule has 0 bridgehead atoms. The molecule has 122 valence electrons. The molecule has 0 aliphatic heterocycles. The third-order valence-electron chi connectivity index (χ3n) is 3.44. The average Bonchev–Trinajstić information content (AvgIpc) is 2.93. The molecule has 0 saturated carbocycles. The fourth-order valence-corrected chi connectivity index (χ4v) is 2.33. The molecule has 0 fully saturated rings. The molecule has 0 aliphatic carbocycles. The Bertz CT molecular complexity index is 714. The molecule has 1 aromatic carbocycles. The van der Waals surface area contributed by atoms with Gasteiger partial charge in [-0.3, -0.25) is 4.79 Å². The fraction of sp³-hybridized carbons (Fsp3) is 0.353. The monoisotopic (exact) mass is 316 g/mol. The summed E-state index contributed by atoms with van der Waals surface area (Å²) in [5, 5.41) is 15.7. The van der Waals surface area contributed by atoms with Crippen molar-refractivity contribution in [1.29, 1.82) is 0 Å². The van der Waals surface area contributed by atoms with E-state index in [1.54, 1.807) is 12.1 Å². The maximum Gasteiger partial charge on any atom is 0.330 e. The lowest BCUT2D eigenvalue weighted by Crippen LogP contribution is -2.33. The quantitative estimate of drug-likeness (QED) is 0.884. The minimum Gasteiger partial charge on any atom is -0.479 e. The number of carbonyl (C=O) groups is 2. The summed E-state index contributed by atoms with van der Waals surface area (Å²) in [6, 6.07) is 5.81. The van der Waals surface area contributed by atoms with Gasteiger partial charge in [0.1, 0.15) is 0 Å². The molecule has 6 nitrogen and oxygen atoms in total. The van der Waals surface area contributed by atoms with Gasteiger partial charge in [0.15, 0.2) is 6.04 Å². The molecule has 0 aliphatic rings. The topological polar surface area (TPSA) is 92.4 Å². The Labute approximate surface area is 134 Å². The van der Waals surface area contributed by atoms with Crippen molar-refractivity contribution in [1.82, 2.24) is 10.5 Å². The highest BCUT2D eigenvalue weighted by Crippen LogP contribution is 2.19. The number of nitrogens with zero attached hydrogens (tertiary/aromatic N) is 1. The minimum absolute atomic E-state index is 0.00400. The zero-order chi connectivity index (χ0) is 17.1. The zero-order valence-corrected chi connectivity index (χ0v) is 13.6. The summed E-state index contributed by atoms with van der Waals surface area (Å²) in [6.07, 6.45) is 0. The van der Waals surface area contributed by atoms with E-state index in [4.69, 9.17) is 4.52 Å². The highest BCUT2D eigenvalue weighted by molar-refractivity contribution is 5.94. The third-order valence-corrected chi connectivity index (χ3v) is 3.44. The van der Waals surface area contributed by atoms with Gasteiger partial charge in [0.2, 0.25) is 5.76 Å². The van der Waals surface area contributed by atoms with Gasteiger partial charge in [-0.2, -0.15) is 0 Å². The number of carboxylic acids is 1. The molecular formula is C17H20N2O4. The lowest BCUT2D eigenvalue weighted by atomic mass is 10.0. The van der Waals surface area contributed by atoms with Crippen LogP contribution in [0.15, 0.2) is 28.8 Å². The van der Waals surface area contributed by atoms with Gasteiger partial charge < -0.3 is 14.9 Å².